The molecule has 3 aromatic rings. The van der Waals surface area contributed by atoms with E-state index in [2.05, 4.69) is 65.6 Å². The van der Waals surface area contributed by atoms with Crippen molar-refractivity contribution in [2.45, 2.75) is 64.1 Å². The summed E-state index contributed by atoms with van der Waals surface area (Å²) >= 11 is 0. The van der Waals surface area contributed by atoms with Crippen molar-refractivity contribution in [2.75, 3.05) is 13.7 Å². The van der Waals surface area contributed by atoms with Crippen molar-refractivity contribution in [3.05, 3.63) is 65.9 Å². The van der Waals surface area contributed by atoms with E-state index in [1.165, 1.54) is 22.9 Å². The summed E-state index contributed by atoms with van der Waals surface area (Å²) in [5.74, 6) is 1.16. The van der Waals surface area contributed by atoms with Crippen LogP contribution in [0.25, 0.3) is 10.9 Å². The predicted molar refractivity (Wildman–Crippen MR) is 130 cm³/mol. The second-order valence-electron chi connectivity index (χ2n) is 9.12. The number of carbonyl (C=O) groups excluding carboxylic acids is 1. The maximum Gasteiger partial charge on any atom is 0.239 e. The van der Waals surface area contributed by atoms with Gasteiger partial charge in [-0.15, -0.1) is 0 Å². The third-order valence-corrected chi connectivity index (χ3v) is 6.96. The number of carbonyl (C=O) groups is 1. The van der Waals surface area contributed by atoms with E-state index in [1.807, 2.05) is 25.1 Å². The molecule has 1 aliphatic heterocycles. The quantitative estimate of drug-likeness (QED) is 0.547. The number of rotatable bonds is 7. The molecular formula is C27H35N3O2. The number of fused-ring (bicyclic) bond motifs is 1. The Morgan fingerprint density at radius 1 is 1.12 bits per heavy atom. The number of aromatic nitrogens is 1. The number of hydrogen-bond acceptors (Lipinski definition) is 3. The van der Waals surface area contributed by atoms with Gasteiger partial charge in [0.1, 0.15) is 5.75 Å². The summed E-state index contributed by atoms with van der Waals surface area (Å²) in [7, 11) is 1.68. The Hall–Kier alpha value is -2.79. The molecule has 0 unspecified atom stereocenters. The van der Waals surface area contributed by atoms with Crippen LogP contribution in [0.5, 0.6) is 5.75 Å². The third-order valence-electron chi connectivity index (χ3n) is 6.96. The molecule has 32 heavy (non-hydrogen) atoms. The van der Waals surface area contributed by atoms with E-state index in [-0.39, 0.29) is 17.9 Å². The van der Waals surface area contributed by atoms with Gasteiger partial charge in [-0.1, -0.05) is 30.3 Å². The standard InChI is InChI=1S/C27H35N3O2/c1-18-8-7-9-19(2)30(18)27(31)20(3)28-16-24(21-12-14-22(32-4)15-13-21)25-17-29-26-11-6-5-10-23(25)26/h5-6,10-15,17-20,24,28-29H,7-9,16H2,1-4H3/t18-,19-,20-,24+/m1/s1. The Morgan fingerprint density at radius 3 is 2.50 bits per heavy atom. The van der Waals surface area contributed by atoms with Crippen molar-refractivity contribution in [1.82, 2.24) is 15.2 Å². The van der Waals surface area contributed by atoms with Crippen molar-refractivity contribution in [3.8, 4) is 5.75 Å². The number of nitrogens with one attached hydrogen (secondary N) is 2. The van der Waals surface area contributed by atoms with Crippen molar-refractivity contribution < 1.29 is 9.53 Å². The monoisotopic (exact) mass is 433 g/mol. The van der Waals surface area contributed by atoms with Crippen LogP contribution in [0.2, 0.25) is 0 Å². The highest BCUT2D eigenvalue weighted by molar-refractivity contribution is 5.84. The first-order valence-electron chi connectivity index (χ1n) is 11.7. The fourth-order valence-corrected chi connectivity index (χ4v) is 5.09. The van der Waals surface area contributed by atoms with Gasteiger partial charge in [-0.05, 0) is 69.4 Å². The van der Waals surface area contributed by atoms with Crippen molar-refractivity contribution in [3.63, 3.8) is 0 Å². The van der Waals surface area contributed by atoms with Crippen LogP contribution in [-0.2, 0) is 4.79 Å². The highest BCUT2D eigenvalue weighted by Crippen LogP contribution is 2.32. The minimum absolute atomic E-state index is 0.114. The molecule has 1 aromatic heterocycles. The minimum atomic E-state index is -0.232. The fourth-order valence-electron chi connectivity index (χ4n) is 5.09. The summed E-state index contributed by atoms with van der Waals surface area (Å²) in [6, 6.07) is 17.0. The van der Waals surface area contributed by atoms with E-state index < -0.39 is 0 Å². The summed E-state index contributed by atoms with van der Waals surface area (Å²) in [4.78, 5) is 18.8. The van der Waals surface area contributed by atoms with E-state index in [0.29, 0.717) is 18.6 Å². The van der Waals surface area contributed by atoms with Gasteiger partial charge in [0.2, 0.25) is 5.91 Å². The number of methoxy groups -OCH3 is 1. The summed E-state index contributed by atoms with van der Waals surface area (Å²) in [6.07, 6.45) is 5.48. The van der Waals surface area contributed by atoms with Gasteiger partial charge in [-0.3, -0.25) is 4.79 Å². The van der Waals surface area contributed by atoms with Crippen LogP contribution in [0.15, 0.2) is 54.7 Å². The zero-order chi connectivity index (χ0) is 22.7. The first kappa shape index (κ1) is 22.4. The Kier molecular flexibility index (Phi) is 6.85. The number of ether oxygens (including phenoxy) is 1. The lowest BCUT2D eigenvalue weighted by molar-refractivity contribution is -0.139. The van der Waals surface area contributed by atoms with Gasteiger partial charge in [-0.25, -0.2) is 0 Å². The van der Waals surface area contributed by atoms with E-state index in [1.54, 1.807) is 7.11 Å². The van der Waals surface area contributed by atoms with Crippen molar-refractivity contribution in [1.29, 1.82) is 0 Å². The SMILES string of the molecule is COc1ccc([C@H](CN[C@H](C)C(=O)N2[C@H](C)CCC[C@H]2C)c2c[nH]c3ccccc23)cc1. The number of piperidine rings is 1. The van der Waals surface area contributed by atoms with Gasteiger partial charge in [0.25, 0.3) is 0 Å². The van der Waals surface area contributed by atoms with Gasteiger partial charge >= 0.3 is 0 Å². The molecule has 4 atom stereocenters. The minimum Gasteiger partial charge on any atom is -0.497 e. The first-order chi connectivity index (χ1) is 15.5. The lowest BCUT2D eigenvalue weighted by Gasteiger charge is -2.40. The molecule has 4 rings (SSSR count). The summed E-state index contributed by atoms with van der Waals surface area (Å²) in [5, 5.41) is 4.78. The zero-order valence-corrected chi connectivity index (χ0v) is 19.6. The number of para-hydroxylation sites is 1. The molecule has 0 saturated carbocycles. The Labute approximate surface area is 191 Å². The molecule has 1 fully saturated rings. The van der Waals surface area contributed by atoms with E-state index in [0.717, 1.165) is 24.1 Å². The smallest absolute Gasteiger partial charge is 0.239 e. The molecule has 170 valence electrons. The largest absolute Gasteiger partial charge is 0.497 e. The molecule has 0 radical (unpaired) electrons. The van der Waals surface area contributed by atoms with Gasteiger partial charge in [0, 0.05) is 41.6 Å². The van der Waals surface area contributed by atoms with Crippen LogP contribution in [0.4, 0.5) is 0 Å². The fraction of sp³-hybridized carbons (Fsp3) is 0.444. The molecule has 5 heteroatoms. The molecule has 0 spiro atoms. The summed E-state index contributed by atoms with van der Waals surface area (Å²) in [6.45, 7) is 7.02. The van der Waals surface area contributed by atoms with Crippen LogP contribution < -0.4 is 10.1 Å². The van der Waals surface area contributed by atoms with Crippen molar-refractivity contribution >= 4 is 16.8 Å². The normalized spacial score (nSPS) is 20.8. The van der Waals surface area contributed by atoms with Crippen LogP contribution in [0.3, 0.4) is 0 Å². The van der Waals surface area contributed by atoms with Crippen LogP contribution >= 0.6 is 0 Å². The number of hydrogen-bond donors (Lipinski definition) is 2. The second kappa shape index (κ2) is 9.78. The maximum absolute atomic E-state index is 13.3. The van der Waals surface area contributed by atoms with Gasteiger partial charge in [0.15, 0.2) is 0 Å². The zero-order valence-electron chi connectivity index (χ0n) is 19.6. The number of likely N-dealkylation sites (tertiary alicyclic amines) is 1. The average molecular weight is 434 g/mol. The highest BCUT2D eigenvalue weighted by atomic mass is 16.5. The van der Waals surface area contributed by atoms with Crippen LogP contribution in [0, 0.1) is 0 Å². The molecule has 1 saturated heterocycles. The average Bonchev–Trinajstić information content (AvgIpc) is 3.23. The molecule has 1 amide bonds. The second-order valence-corrected chi connectivity index (χ2v) is 9.12. The van der Waals surface area contributed by atoms with E-state index in [9.17, 15) is 4.79 Å². The topological polar surface area (TPSA) is 57.4 Å². The Bertz CT molecular complexity index is 1030. The Morgan fingerprint density at radius 2 is 1.81 bits per heavy atom. The molecule has 5 nitrogen and oxygen atoms in total. The van der Waals surface area contributed by atoms with Crippen LogP contribution in [-0.4, -0.2) is 47.6 Å². The molecule has 2 N–H and O–H groups in total. The summed E-state index contributed by atoms with van der Waals surface area (Å²) in [5.41, 5.74) is 3.56. The van der Waals surface area contributed by atoms with E-state index in [4.69, 9.17) is 4.74 Å². The Balaban J connectivity index is 1.57. The predicted octanol–water partition coefficient (Wildman–Crippen LogP) is 5.08. The molecule has 1 aliphatic rings. The lowest BCUT2D eigenvalue weighted by atomic mass is 9.90. The van der Waals surface area contributed by atoms with Gasteiger partial charge in [-0.2, -0.15) is 0 Å². The number of amides is 1. The number of H-pyrrole nitrogens is 1. The number of benzene rings is 2. The molecule has 2 heterocycles. The van der Waals surface area contributed by atoms with Gasteiger partial charge < -0.3 is 19.9 Å². The lowest BCUT2D eigenvalue weighted by Crippen LogP contribution is -2.54. The molecular weight excluding hydrogens is 398 g/mol. The highest BCUT2D eigenvalue weighted by Gasteiger charge is 2.32. The summed E-state index contributed by atoms with van der Waals surface area (Å²) < 4.78 is 5.35. The van der Waals surface area contributed by atoms with Gasteiger partial charge in [0.05, 0.1) is 13.2 Å². The molecule has 0 aliphatic carbocycles. The molecule has 0 bridgehead atoms. The molecule has 2 aromatic carbocycles. The maximum atomic E-state index is 13.3. The first-order valence-corrected chi connectivity index (χ1v) is 11.7. The number of nitrogens with zero attached hydrogens (tertiary/aromatic N) is 1. The van der Waals surface area contributed by atoms with Crippen molar-refractivity contribution in [2.24, 2.45) is 0 Å². The third kappa shape index (κ3) is 4.53. The van der Waals surface area contributed by atoms with Crippen LogP contribution in [0.1, 0.15) is 57.1 Å². The number of aromatic amines is 1. The van der Waals surface area contributed by atoms with E-state index >= 15 is 0 Å².